The maximum absolute atomic E-state index is 10.8. The zero-order chi connectivity index (χ0) is 13.7. The number of para-hydroxylation sites is 2. The Kier molecular flexibility index (Phi) is 3.74. The summed E-state index contributed by atoms with van der Waals surface area (Å²) in [6, 6.07) is 15.1. The maximum Gasteiger partial charge on any atom is 0.310 e. The van der Waals surface area contributed by atoms with Crippen molar-refractivity contribution in [2.45, 2.75) is 6.61 Å². The van der Waals surface area contributed by atoms with Crippen molar-refractivity contribution in [2.75, 3.05) is 0 Å². The summed E-state index contributed by atoms with van der Waals surface area (Å²) in [7, 11) is 0. The lowest BCUT2D eigenvalue weighted by Crippen LogP contribution is -1.98. The van der Waals surface area contributed by atoms with Crippen LogP contribution in [0.3, 0.4) is 0 Å². The molecule has 0 N–H and O–H groups in total. The first kappa shape index (κ1) is 12.6. The van der Waals surface area contributed by atoms with Gasteiger partial charge in [0.2, 0.25) is 0 Å². The molecule has 0 unspecified atom stereocenters. The molecule has 5 heteroatoms. The van der Waals surface area contributed by atoms with E-state index >= 15 is 0 Å². The number of nitrogens with zero attached hydrogens (tertiary/aromatic N) is 2. The highest BCUT2D eigenvalue weighted by molar-refractivity contribution is 5.45. The van der Waals surface area contributed by atoms with E-state index in [4.69, 9.17) is 10.00 Å². The van der Waals surface area contributed by atoms with Crippen molar-refractivity contribution in [3.05, 3.63) is 69.8 Å². The van der Waals surface area contributed by atoms with Crippen LogP contribution in [-0.4, -0.2) is 4.92 Å². The highest BCUT2D eigenvalue weighted by atomic mass is 16.6. The Labute approximate surface area is 109 Å². The molecule has 0 spiro atoms. The van der Waals surface area contributed by atoms with Gasteiger partial charge < -0.3 is 4.74 Å². The predicted octanol–water partition coefficient (Wildman–Crippen LogP) is 3.05. The molecule has 0 amide bonds. The van der Waals surface area contributed by atoms with Crippen molar-refractivity contribution in [2.24, 2.45) is 0 Å². The quantitative estimate of drug-likeness (QED) is 0.620. The second-order valence-electron chi connectivity index (χ2n) is 3.82. The molecular formula is C14H10N2O3. The number of rotatable bonds is 4. The van der Waals surface area contributed by atoms with Crippen LogP contribution < -0.4 is 4.74 Å². The fourth-order valence-electron chi connectivity index (χ4n) is 1.57. The van der Waals surface area contributed by atoms with Crippen molar-refractivity contribution in [1.29, 1.82) is 5.26 Å². The van der Waals surface area contributed by atoms with Gasteiger partial charge in [-0.05, 0) is 23.8 Å². The van der Waals surface area contributed by atoms with Gasteiger partial charge in [-0.1, -0.05) is 24.3 Å². The van der Waals surface area contributed by atoms with Crippen LogP contribution in [0.1, 0.15) is 11.1 Å². The number of hydrogen-bond acceptors (Lipinski definition) is 4. The second-order valence-corrected chi connectivity index (χ2v) is 3.82. The van der Waals surface area contributed by atoms with Crippen molar-refractivity contribution >= 4 is 5.69 Å². The van der Waals surface area contributed by atoms with Gasteiger partial charge in [-0.2, -0.15) is 5.26 Å². The molecule has 94 valence electrons. The first-order chi connectivity index (χ1) is 9.20. The van der Waals surface area contributed by atoms with Crippen molar-refractivity contribution in [3.63, 3.8) is 0 Å². The summed E-state index contributed by atoms with van der Waals surface area (Å²) in [4.78, 5) is 10.3. The van der Waals surface area contributed by atoms with Gasteiger partial charge in [0.05, 0.1) is 16.6 Å². The molecule has 2 aromatic carbocycles. The van der Waals surface area contributed by atoms with Crippen LogP contribution in [0.2, 0.25) is 0 Å². The second kappa shape index (κ2) is 5.65. The van der Waals surface area contributed by atoms with E-state index in [9.17, 15) is 10.1 Å². The summed E-state index contributed by atoms with van der Waals surface area (Å²) in [5.74, 6) is 0.233. The van der Waals surface area contributed by atoms with Crippen molar-refractivity contribution in [3.8, 4) is 11.8 Å². The Morgan fingerprint density at radius 2 is 1.84 bits per heavy atom. The zero-order valence-corrected chi connectivity index (χ0v) is 9.95. The van der Waals surface area contributed by atoms with Crippen molar-refractivity contribution in [1.82, 2.24) is 0 Å². The molecule has 5 nitrogen and oxygen atoms in total. The molecule has 19 heavy (non-hydrogen) atoms. The standard InChI is InChI=1S/C14H10N2O3/c15-9-11-5-7-12(8-6-11)10-19-14-4-2-1-3-13(14)16(17)18/h1-8H,10H2. The summed E-state index contributed by atoms with van der Waals surface area (Å²) < 4.78 is 5.43. The summed E-state index contributed by atoms with van der Waals surface area (Å²) in [5, 5.41) is 19.5. The minimum Gasteiger partial charge on any atom is -0.482 e. The van der Waals surface area contributed by atoms with E-state index in [1.807, 2.05) is 6.07 Å². The van der Waals surface area contributed by atoms with Gasteiger partial charge in [0, 0.05) is 6.07 Å². The monoisotopic (exact) mass is 254 g/mol. The SMILES string of the molecule is N#Cc1ccc(COc2ccccc2[N+](=O)[O-])cc1. The molecule has 0 aromatic heterocycles. The minimum absolute atomic E-state index is 0.0591. The average molecular weight is 254 g/mol. The number of benzene rings is 2. The van der Waals surface area contributed by atoms with Gasteiger partial charge >= 0.3 is 5.69 Å². The van der Waals surface area contributed by atoms with E-state index in [2.05, 4.69) is 0 Å². The van der Waals surface area contributed by atoms with Crippen LogP contribution in [0.5, 0.6) is 5.75 Å². The van der Waals surface area contributed by atoms with E-state index < -0.39 is 4.92 Å². The minimum atomic E-state index is -0.478. The van der Waals surface area contributed by atoms with Crippen LogP contribution >= 0.6 is 0 Å². The highest BCUT2D eigenvalue weighted by Crippen LogP contribution is 2.26. The molecule has 2 rings (SSSR count). The lowest BCUT2D eigenvalue weighted by molar-refractivity contribution is -0.385. The molecule has 0 atom stereocenters. The Morgan fingerprint density at radius 1 is 1.16 bits per heavy atom. The molecule has 2 aromatic rings. The van der Waals surface area contributed by atoms with E-state index in [1.165, 1.54) is 6.07 Å². The number of nitro benzene ring substituents is 1. The average Bonchev–Trinajstić information content (AvgIpc) is 2.46. The highest BCUT2D eigenvalue weighted by Gasteiger charge is 2.13. The fraction of sp³-hybridized carbons (Fsp3) is 0.0714. The number of hydrogen-bond donors (Lipinski definition) is 0. The van der Waals surface area contributed by atoms with Crippen LogP contribution in [-0.2, 0) is 6.61 Å². The normalized spacial score (nSPS) is 9.63. The molecular weight excluding hydrogens is 244 g/mol. The Balaban J connectivity index is 2.10. The number of ether oxygens (including phenoxy) is 1. The third-order valence-corrected chi connectivity index (χ3v) is 2.54. The number of nitro groups is 1. The summed E-state index contributed by atoms with van der Waals surface area (Å²) in [6.07, 6.45) is 0. The molecule has 0 saturated carbocycles. The molecule has 0 fully saturated rings. The van der Waals surface area contributed by atoms with E-state index in [-0.39, 0.29) is 18.0 Å². The largest absolute Gasteiger partial charge is 0.482 e. The first-order valence-electron chi connectivity index (χ1n) is 5.56. The molecule has 0 aliphatic rings. The van der Waals surface area contributed by atoms with E-state index in [0.29, 0.717) is 5.56 Å². The van der Waals surface area contributed by atoms with E-state index in [0.717, 1.165) is 5.56 Å². The Bertz CT molecular complexity index is 630. The predicted molar refractivity (Wildman–Crippen MR) is 68.6 cm³/mol. The van der Waals surface area contributed by atoms with Gasteiger partial charge in [-0.15, -0.1) is 0 Å². The smallest absolute Gasteiger partial charge is 0.310 e. The van der Waals surface area contributed by atoms with Gasteiger partial charge in [0.25, 0.3) is 0 Å². The van der Waals surface area contributed by atoms with Gasteiger partial charge in [-0.3, -0.25) is 10.1 Å². The van der Waals surface area contributed by atoms with E-state index in [1.54, 1.807) is 42.5 Å². The molecule has 0 bridgehead atoms. The molecule has 0 radical (unpaired) electrons. The van der Waals surface area contributed by atoms with Gasteiger partial charge in [0.15, 0.2) is 5.75 Å². The first-order valence-corrected chi connectivity index (χ1v) is 5.56. The number of nitriles is 1. The van der Waals surface area contributed by atoms with Gasteiger partial charge in [0.1, 0.15) is 6.61 Å². The molecule has 0 saturated heterocycles. The Hall–Kier alpha value is -2.87. The molecule has 0 aliphatic heterocycles. The summed E-state index contributed by atoms with van der Waals surface area (Å²) in [6.45, 7) is 0.219. The van der Waals surface area contributed by atoms with Crippen LogP contribution in [0.4, 0.5) is 5.69 Å². The summed E-state index contributed by atoms with van der Waals surface area (Å²) in [5.41, 5.74) is 1.35. The van der Waals surface area contributed by atoms with Crippen molar-refractivity contribution < 1.29 is 9.66 Å². The fourth-order valence-corrected chi connectivity index (χ4v) is 1.57. The third kappa shape index (κ3) is 3.07. The maximum atomic E-state index is 10.8. The van der Waals surface area contributed by atoms with Crippen LogP contribution in [0, 0.1) is 21.4 Å². The Morgan fingerprint density at radius 3 is 2.47 bits per heavy atom. The van der Waals surface area contributed by atoms with Crippen LogP contribution in [0.25, 0.3) is 0 Å². The van der Waals surface area contributed by atoms with Gasteiger partial charge in [-0.25, -0.2) is 0 Å². The van der Waals surface area contributed by atoms with Crippen LogP contribution in [0.15, 0.2) is 48.5 Å². The lowest BCUT2D eigenvalue weighted by atomic mass is 10.1. The topological polar surface area (TPSA) is 76.2 Å². The zero-order valence-electron chi connectivity index (χ0n) is 9.95. The lowest BCUT2D eigenvalue weighted by Gasteiger charge is -2.06. The molecule has 0 heterocycles. The molecule has 0 aliphatic carbocycles. The third-order valence-electron chi connectivity index (χ3n) is 2.54. The summed E-state index contributed by atoms with van der Waals surface area (Å²) >= 11 is 0.